The van der Waals surface area contributed by atoms with Gasteiger partial charge in [-0.2, -0.15) is 13.2 Å². The van der Waals surface area contributed by atoms with Crippen molar-refractivity contribution in [3.63, 3.8) is 0 Å². The summed E-state index contributed by atoms with van der Waals surface area (Å²) in [5.74, 6) is -3.62. The molecule has 1 saturated carbocycles. The van der Waals surface area contributed by atoms with Crippen molar-refractivity contribution in [3.05, 3.63) is 42.5 Å². The Morgan fingerprint density at radius 2 is 1.71 bits per heavy atom. The number of ketones is 1. The van der Waals surface area contributed by atoms with E-state index >= 15 is 0 Å². The van der Waals surface area contributed by atoms with Crippen LogP contribution in [0.1, 0.15) is 6.42 Å². The summed E-state index contributed by atoms with van der Waals surface area (Å²) >= 11 is 0. The van der Waals surface area contributed by atoms with Gasteiger partial charge in [0.15, 0.2) is 0 Å². The van der Waals surface area contributed by atoms with Crippen molar-refractivity contribution in [3.8, 4) is 0 Å². The van der Waals surface area contributed by atoms with Crippen LogP contribution in [-0.2, 0) is 15.6 Å². The summed E-state index contributed by atoms with van der Waals surface area (Å²) in [6.07, 6.45) is -0.925. The highest BCUT2D eigenvalue weighted by Crippen LogP contribution is 2.49. The summed E-state index contributed by atoms with van der Waals surface area (Å²) in [5.41, 5.74) is 0. The average molecular weight is 314 g/mol. The highest BCUT2D eigenvalue weighted by atomic mass is 32.2. The van der Waals surface area contributed by atoms with Crippen LogP contribution in [0.3, 0.4) is 0 Å². The third-order valence-electron chi connectivity index (χ3n) is 4.19. The molecule has 112 valence electrons. The molecule has 2 nitrogen and oxygen atoms in total. The van der Waals surface area contributed by atoms with E-state index in [1.54, 1.807) is 42.5 Å². The number of halogens is 3. The van der Waals surface area contributed by atoms with Crippen LogP contribution in [0, 0.1) is 17.8 Å². The van der Waals surface area contributed by atoms with Crippen molar-refractivity contribution in [1.82, 2.24) is 0 Å². The fourth-order valence-corrected chi connectivity index (χ4v) is 5.16. The lowest BCUT2D eigenvalue weighted by Gasteiger charge is -2.27. The molecule has 1 aromatic carbocycles. The molecule has 0 radical (unpaired) electrons. The zero-order valence-corrected chi connectivity index (χ0v) is 11.7. The lowest BCUT2D eigenvalue weighted by atomic mass is 9.89. The minimum absolute atomic E-state index is 0.215. The Balaban J connectivity index is 1.95. The summed E-state index contributed by atoms with van der Waals surface area (Å²) in [6, 6.07) is 8.38. The molecule has 21 heavy (non-hydrogen) atoms. The predicted molar refractivity (Wildman–Crippen MR) is 71.9 cm³/mol. The number of allylic oxidation sites excluding steroid dienone is 2. The molecule has 0 aliphatic heterocycles. The van der Waals surface area contributed by atoms with Gasteiger partial charge in [-0.3, -0.25) is 9.00 Å². The molecular formula is C15H13F3O2S. The topological polar surface area (TPSA) is 34.1 Å². The molecule has 2 aliphatic carbocycles. The summed E-state index contributed by atoms with van der Waals surface area (Å²) in [6.45, 7) is 0. The molecule has 5 atom stereocenters. The molecule has 1 unspecified atom stereocenters. The van der Waals surface area contributed by atoms with Crippen LogP contribution in [0.4, 0.5) is 13.2 Å². The number of carbonyl (C=O) groups is 1. The highest BCUT2D eigenvalue weighted by molar-refractivity contribution is 7.85. The van der Waals surface area contributed by atoms with Gasteiger partial charge in [0, 0.05) is 10.8 Å². The fraction of sp³-hybridized carbons (Fsp3) is 0.400. The first-order chi connectivity index (χ1) is 9.89. The summed E-state index contributed by atoms with van der Waals surface area (Å²) in [4.78, 5) is 12.2. The van der Waals surface area contributed by atoms with Gasteiger partial charge in [0.1, 0.15) is 0 Å². The van der Waals surface area contributed by atoms with Gasteiger partial charge in [0.25, 0.3) is 0 Å². The van der Waals surface area contributed by atoms with E-state index in [2.05, 4.69) is 0 Å². The van der Waals surface area contributed by atoms with Gasteiger partial charge in [-0.25, -0.2) is 0 Å². The van der Waals surface area contributed by atoms with Crippen LogP contribution < -0.4 is 0 Å². The molecular weight excluding hydrogens is 301 g/mol. The molecule has 0 N–H and O–H groups in total. The van der Waals surface area contributed by atoms with Crippen LogP contribution in [0.5, 0.6) is 0 Å². The third-order valence-corrected chi connectivity index (χ3v) is 6.07. The molecule has 0 amide bonds. The Labute approximate surface area is 122 Å². The van der Waals surface area contributed by atoms with Crippen LogP contribution in [0.2, 0.25) is 0 Å². The van der Waals surface area contributed by atoms with Crippen molar-refractivity contribution >= 4 is 16.6 Å². The molecule has 0 aromatic heterocycles. The maximum Gasteiger partial charge on any atom is 0.450 e. The van der Waals surface area contributed by atoms with E-state index in [1.165, 1.54) is 0 Å². The molecule has 0 saturated heterocycles. The number of fused-ring (bicyclic) bond motifs is 2. The van der Waals surface area contributed by atoms with Crippen molar-refractivity contribution in [2.75, 3.05) is 0 Å². The molecule has 6 heteroatoms. The Kier molecular flexibility index (Phi) is 3.51. The van der Waals surface area contributed by atoms with Gasteiger partial charge in [0.05, 0.1) is 16.0 Å². The highest BCUT2D eigenvalue weighted by Gasteiger charge is 2.57. The van der Waals surface area contributed by atoms with Gasteiger partial charge in [-0.15, -0.1) is 0 Å². The SMILES string of the molecule is O=C([C@H]1[C@H](S(=O)c2ccccc2)[C@H]2C=C[C@@H]1C2)C(F)(F)F. The second kappa shape index (κ2) is 5.09. The minimum Gasteiger partial charge on any atom is -0.289 e. The van der Waals surface area contributed by atoms with Gasteiger partial charge in [-0.1, -0.05) is 30.4 Å². The number of alkyl halides is 3. The quantitative estimate of drug-likeness (QED) is 0.803. The van der Waals surface area contributed by atoms with Crippen LogP contribution in [0.25, 0.3) is 0 Å². The first-order valence-corrected chi connectivity index (χ1v) is 7.86. The average Bonchev–Trinajstić information content (AvgIpc) is 3.06. The monoisotopic (exact) mass is 314 g/mol. The van der Waals surface area contributed by atoms with E-state index < -0.39 is 39.8 Å². The first-order valence-electron chi connectivity index (χ1n) is 6.64. The number of rotatable bonds is 3. The van der Waals surface area contributed by atoms with E-state index in [0.717, 1.165) is 0 Å². The second-order valence-electron chi connectivity index (χ2n) is 5.41. The normalized spacial score (nSPS) is 32.3. The molecule has 2 bridgehead atoms. The maximum absolute atomic E-state index is 12.8. The number of Topliss-reactive ketones (excluding diaryl/α,β-unsaturated/α-hetero) is 1. The zero-order valence-electron chi connectivity index (χ0n) is 10.9. The second-order valence-corrected chi connectivity index (χ2v) is 7.02. The smallest absolute Gasteiger partial charge is 0.289 e. The Morgan fingerprint density at radius 1 is 1.10 bits per heavy atom. The van der Waals surface area contributed by atoms with Crippen LogP contribution in [-0.4, -0.2) is 21.4 Å². The fourth-order valence-electron chi connectivity index (χ4n) is 3.31. The summed E-state index contributed by atoms with van der Waals surface area (Å²) in [5, 5.41) is -0.781. The number of carbonyl (C=O) groups excluding carboxylic acids is 1. The molecule has 1 fully saturated rings. The molecule has 0 heterocycles. The largest absolute Gasteiger partial charge is 0.450 e. The minimum atomic E-state index is -4.87. The molecule has 2 aliphatic rings. The lowest BCUT2D eigenvalue weighted by Crippen LogP contribution is -2.41. The van der Waals surface area contributed by atoms with E-state index in [9.17, 15) is 22.2 Å². The maximum atomic E-state index is 12.8. The number of hydrogen-bond donors (Lipinski definition) is 0. The number of benzene rings is 1. The van der Waals surface area contributed by atoms with Gasteiger partial charge >= 0.3 is 6.18 Å². The summed E-state index contributed by atoms with van der Waals surface area (Å²) < 4.78 is 51.0. The van der Waals surface area contributed by atoms with E-state index in [-0.39, 0.29) is 5.92 Å². The van der Waals surface area contributed by atoms with Crippen molar-refractivity contribution in [2.24, 2.45) is 17.8 Å². The van der Waals surface area contributed by atoms with E-state index in [0.29, 0.717) is 11.3 Å². The first kappa shape index (κ1) is 14.5. The standard InChI is InChI=1S/C15H13F3O2S/c16-15(17,18)14(19)12-9-6-7-10(8-9)13(12)21(20)11-4-2-1-3-5-11/h1-7,9-10,12-13H,8H2/t9-,10+,12-,13-,21?/m1/s1. The van der Waals surface area contributed by atoms with Gasteiger partial charge in [-0.05, 0) is 30.4 Å². The predicted octanol–water partition coefficient (Wildman–Crippen LogP) is 3.12. The van der Waals surface area contributed by atoms with Crippen LogP contribution in [0.15, 0.2) is 47.4 Å². The van der Waals surface area contributed by atoms with E-state index in [4.69, 9.17) is 0 Å². The molecule has 1 aromatic rings. The lowest BCUT2D eigenvalue weighted by molar-refractivity contribution is -0.176. The number of hydrogen-bond acceptors (Lipinski definition) is 2. The van der Waals surface area contributed by atoms with Gasteiger partial charge < -0.3 is 0 Å². The van der Waals surface area contributed by atoms with Gasteiger partial charge in [0.2, 0.25) is 5.78 Å². The Bertz CT molecular complexity index is 609. The van der Waals surface area contributed by atoms with Crippen molar-refractivity contribution < 1.29 is 22.2 Å². The Morgan fingerprint density at radius 3 is 2.33 bits per heavy atom. The molecule has 3 rings (SSSR count). The summed E-state index contributed by atoms with van der Waals surface area (Å²) in [7, 11) is -1.62. The van der Waals surface area contributed by atoms with Crippen LogP contribution >= 0.6 is 0 Å². The van der Waals surface area contributed by atoms with E-state index in [1.807, 2.05) is 0 Å². The third kappa shape index (κ3) is 2.46. The van der Waals surface area contributed by atoms with Crippen molar-refractivity contribution in [2.45, 2.75) is 22.7 Å². The zero-order chi connectivity index (χ0) is 15.2. The Hall–Kier alpha value is -1.43. The molecule has 0 spiro atoms. The van der Waals surface area contributed by atoms with Crippen molar-refractivity contribution in [1.29, 1.82) is 0 Å².